The largest absolute Gasteiger partial charge is 0.393 e. The molecule has 1 N–H and O–H groups in total. The molecule has 0 saturated heterocycles. The van der Waals surface area contributed by atoms with E-state index in [0.29, 0.717) is 23.4 Å². The van der Waals surface area contributed by atoms with E-state index < -0.39 is 23.4 Å². The summed E-state index contributed by atoms with van der Waals surface area (Å²) in [4.78, 5) is 30.0. The van der Waals surface area contributed by atoms with Gasteiger partial charge in [0.1, 0.15) is 17.0 Å². The number of carbonyl (C=O) groups is 1. The maximum atomic E-state index is 13.1. The minimum atomic E-state index is -4.30. The number of pyridine rings is 2. The molecule has 1 aliphatic heterocycles. The van der Waals surface area contributed by atoms with E-state index >= 15 is 0 Å². The number of alkyl halides is 3. The Labute approximate surface area is 175 Å². The summed E-state index contributed by atoms with van der Waals surface area (Å²) in [5.74, 6) is -1.41. The number of aryl methyl sites for hydroxylation is 3. The van der Waals surface area contributed by atoms with Gasteiger partial charge >= 0.3 is 6.18 Å². The first-order chi connectivity index (χ1) is 14.7. The number of hydrogen-bond acceptors (Lipinski definition) is 5. The Balaban J connectivity index is 1.58. The highest BCUT2D eigenvalue weighted by Gasteiger charge is 2.42. The number of rotatable bonds is 4. The third-order valence-electron chi connectivity index (χ3n) is 5.54. The third kappa shape index (κ3) is 3.91. The second-order valence-electron chi connectivity index (χ2n) is 7.58. The summed E-state index contributed by atoms with van der Waals surface area (Å²) in [6.45, 7) is 3.78. The number of hydrogen-bond donors (Lipinski definition) is 1. The lowest BCUT2D eigenvalue weighted by atomic mass is 9.99. The van der Waals surface area contributed by atoms with Gasteiger partial charge in [-0.05, 0) is 32.4 Å². The standard InChI is InChI=1S/C20H21F3N6O2/c1-3-28-10-14(17(30)13-6-4-11(2)25-18(13)28)19(31)24-8-16-27-26-15-7-5-12(9-29(15)16)20(21,22)23/h4,6,10,12H,3,5,7-9H2,1-2H3,(H,24,31). The normalized spacial score (nSPS) is 16.4. The van der Waals surface area contributed by atoms with Crippen molar-refractivity contribution in [2.75, 3.05) is 0 Å². The van der Waals surface area contributed by atoms with E-state index in [1.54, 1.807) is 16.7 Å². The monoisotopic (exact) mass is 434 g/mol. The minimum absolute atomic E-state index is 0.0326. The molecule has 0 radical (unpaired) electrons. The molecule has 11 heteroatoms. The zero-order valence-corrected chi connectivity index (χ0v) is 17.0. The lowest BCUT2D eigenvalue weighted by Gasteiger charge is -2.26. The van der Waals surface area contributed by atoms with Crippen molar-refractivity contribution in [2.24, 2.45) is 5.92 Å². The highest BCUT2D eigenvalue weighted by Crippen LogP contribution is 2.34. The van der Waals surface area contributed by atoms with Crippen molar-refractivity contribution in [2.45, 2.75) is 52.5 Å². The van der Waals surface area contributed by atoms with Crippen molar-refractivity contribution < 1.29 is 18.0 Å². The summed E-state index contributed by atoms with van der Waals surface area (Å²) < 4.78 is 42.4. The van der Waals surface area contributed by atoms with E-state index in [2.05, 4.69) is 20.5 Å². The zero-order chi connectivity index (χ0) is 22.3. The highest BCUT2D eigenvalue weighted by atomic mass is 19.4. The van der Waals surface area contributed by atoms with Crippen LogP contribution in [0.4, 0.5) is 13.2 Å². The lowest BCUT2D eigenvalue weighted by Crippen LogP contribution is -2.34. The zero-order valence-electron chi connectivity index (χ0n) is 17.0. The maximum absolute atomic E-state index is 13.1. The van der Waals surface area contributed by atoms with Gasteiger partial charge in [0, 0.05) is 31.4 Å². The van der Waals surface area contributed by atoms with Crippen LogP contribution in [0.5, 0.6) is 0 Å². The predicted molar refractivity (Wildman–Crippen MR) is 105 cm³/mol. The van der Waals surface area contributed by atoms with Crippen molar-refractivity contribution in [1.29, 1.82) is 0 Å². The molecule has 1 unspecified atom stereocenters. The van der Waals surface area contributed by atoms with E-state index in [9.17, 15) is 22.8 Å². The van der Waals surface area contributed by atoms with Crippen molar-refractivity contribution in [1.82, 2.24) is 29.6 Å². The number of nitrogens with one attached hydrogen (secondary N) is 1. The number of aromatic nitrogens is 5. The Hall–Kier alpha value is -3.24. The Kier molecular flexibility index (Phi) is 5.28. The summed E-state index contributed by atoms with van der Waals surface area (Å²) in [6, 6.07) is 3.33. The summed E-state index contributed by atoms with van der Waals surface area (Å²) in [5, 5.41) is 10.8. The van der Waals surface area contributed by atoms with Crippen LogP contribution >= 0.6 is 0 Å². The molecule has 1 amide bonds. The molecule has 1 aliphatic rings. The smallest absolute Gasteiger partial charge is 0.345 e. The van der Waals surface area contributed by atoms with Crippen LogP contribution in [0.2, 0.25) is 0 Å². The Morgan fingerprint density at radius 3 is 2.77 bits per heavy atom. The van der Waals surface area contributed by atoms with Crippen LogP contribution in [-0.4, -0.2) is 36.4 Å². The average Bonchev–Trinajstić information content (AvgIpc) is 3.14. The Morgan fingerprint density at radius 1 is 1.29 bits per heavy atom. The molecule has 3 aromatic heterocycles. The van der Waals surface area contributed by atoms with Gasteiger partial charge in [0.05, 0.1) is 17.8 Å². The van der Waals surface area contributed by atoms with Gasteiger partial charge in [0.2, 0.25) is 5.43 Å². The van der Waals surface area contributed by atoms with Gasteiger partial charge < -0.3 is 14.5 Å². The van der Waals surface area contributed by atoms with Gasteiger partial charge in [0.15, 0.2) is 5.82 Å². The SMILES string of the molecule is CCn1cc(C(=O)NCc2nnc3n2CC(C(F)(F)F)CC3)c(=O)c2ccc(C)nc21. The van der Waals surface area contributed by atoms with Crippen molar-refractivity contribution in [3.8, 4) is 0 Å². The molecule has 8 nitrogen and oxygen atoms in total. The van der Waals surface area contributed by atoms with Crippen molar-refractivity contribution in [3.63, 3.8) is 0 Å². The average molecular weight is 434 g/mol. The predicted octanol–water partition coefficient (Wildman–Crippen LogP) is 2.37. The van der Waals surface area contributed by atoms with E-state index in [0.717, 1.165) is 5.69 Å². The molecule has 1 atom stereocenters. The van der Waals surface area contributed by atoms with Crippen LogP contribution in [0.25, 0.3) is 11.0 Å². The molecule has 0 aliphatic carbocycles. The Morgan fingerprint density at radius 2 is 2.06 bits per heavy atom. The van der Waals surface area contributed by atoms with Gasteiger partial charge in [-0.15, -0.1) is 10.2 Å². The van der Waals surface area contributed by atoms with E-state index in [4.69, 9.17) is 0 Å². The number of carbonyl (C=O) groups excluding carboxylic acids is 1. The molecule has 0 spiro atoms. The number of halogens is 3. The molecule has 0 bridgehead atoms. The molecule has 0 saturated carbocycles. The summed E-state index contributed by atoms with van der Waals surface area (Å²) in [5.41, 5.74) is 0.727. The second-order valence-corrected chi connectivity index (χ2v) is 7.58. The quantitative estimate of drug-likeness (QED) is 0.680. The first-order valence-corrected chi connectivity index (χ1v) is 9.95. The van der Waals surface area contributed by atoms with Crippen molar-refractivity contribution >= 4 is 16.9 Å². The van der Waals surface area contributed by atoms with E-state index in [1.807, 2.05) is 13.8 Å². The molecule has 0 aromatic carbocycles. The molecule has 3 aromatic rings. The van der Waals surface area contributed by atoms with Gasteiger partial charge in [-0.25, -0.2) is 4.98 Å². The van der Waals surface area contributed by atoms with Crippen LogP contribution in [0.1, 0.15) is 41.0 Å². The van der Waals surface area contributed by atoms with Crippen LogP contribution in [-0.2, 0) is 26.1 Å². The molecule has 4 heterocycles. The fraction of sp³-hybridized carbons (Fsp3) is 0.450. The Bertz CT molecular complexity index is 1210. The minimum Gasteiger partial charge on any atom is -0.345 e. The maximum Gasteiger partial charge on any atom is 0.393 e. The highest BCUT2D eigenvalue weighted by molar-refractivity contribution is 5.96. The summed E-state index contributed by atoms with van der Waals surface area (Å²) >= 11 is 0. The lowest BCUT2D eigenvalue weighted by molar-refractivity contribution is -0.182. The van der Waals surface area contributed by atoms with Gasteiger partial charge in [0.25, 0.3) is 5.91 Å². The van der Waals surface area contributed by atoms with Crippen LogP contribution in [0, 0.1) is 12.8 Å². The number of fused-ring (bicyclic) bond motifs is 2. The first-order valence-electron chi connectivity index (χ1n) is 9.95. The first kappa shape index (κ1) is 21.0. The molecule has 31 heavy (non-hydrogen) atoms. The van der Waals surface area contributed by atoms with E-state index in [1.165, 1.54) is 10.8 Å². The summed E-state index contributed by atoms with van der Waals surface area (Å²) in [7, 11) is 0. The molecule has 4 rings (SSSR count). The topological polar surface area (TPSA) is 94.7 Å². The fourth-order valence-electron chi connectivity index (χ4n) is 3.80. The third-order valence-corrected chi connectivity index (χ3v) is 5.54. The van der Waals surface area contributed by atoms with Crippen molar-refractivity contribution in [3.05, 3.63) is 51.5 Å². The van der Waals surface area contributed by atoms with E-state index in [-0.39, 0.29) is 37.3 Å². The van der Waals surface area contributed by atoms with Gasteiger partial charge in [-0.1, -0.05) is 0 Å². The van der Waals surface area contributed by atoms with Crippen LogP contribution in [0.15, 0.2) is 23.1 Å². The molecule has 164 valence electrons. The van der Waals surface area contributed by atoms with Gasteiger partial charge in [-0.3, -0.25) is 9.59 Å². The van der Waals surface area contributed by atoms with Crippen LogP contribution < -0.4 is 10.7 Å². The van der Waals surface area contributed by atoms with Gasteiger partial charge in [-0.2, -0.15) is 13.2 Å². The van der Waals surface area contributed by atoms with Crippen LogP contribution in [0.3, 0.4) is 0 Å². The molecular weight excluding hydrogens is 413 g/mol. The molecule has 0 fully saturated rings. The second kappa shape index (κ2) is 7.78. The molecular formula is C20H21F3N6O2. The fourth-order valence-corrected chi connectivity index (χ4v) is 3.80. The summed E-state index contributed by atoms with van der Waals surface area (Å²) in [6.07, 6.45) is -2.71. The number of amides is 1. The number of nitrogens with zero attached hydrogens (tertiary/aromatic N) is 5.